The van der Waals surface area contributed by atoms with Gasteiger partial charge in [0.25, 0.3) is 5.56 Å². The number of fused-ring (bicyclic) bond motifs is 1. The van der Waals surface area contributed by atoms with E-state index in [0.29, 0.717) is 28.0 Å². The van der Waals surface area contributed by atoms with Crippen LogP contribution in [0.2, 0.25) is 0 Å². The summed E-state index contributed by atoms with van der Waals surface area (Å²) in [5.74, 6) is 0.799. The van der Waals surface area contributed by atoms with Crippen LogP contribution in [0.15, 0.2) is 70.7 Å². The SMILES string of the molecule is CC(C)n1nccc1/N=C/c1c(O)n(-c2ccccn2)c(=O)c2ccccc12. The lowest BCUT2D eigenvalue weighted by molar-refractivity contribution is 0.435. The second kappa shape index (κ2) is 7.11. The molecule has 0 spiro atoms. The third-order valence-electron chi connectivity index (χ3n) is 4.45. The molecule has 0 radical (unpaired) electrons. The van der Waals surface area contributed by atoms with E-state index < -0.39 is 0 Å². The molecule has 0 amide bonds. The third kappa shape index (κ3) is 2.96. The third-order valence-corrected chi connectivity index (χ3v) is 4.45. The number of benzene rings is 1. The lowest BCUT2D eigenvalue weighted by Crippen LogP contribution is -2.20. The summed E-state index contributed by atoms with van der Waals surface area (Å²) >= 11 is 0. The molecule has 3 aromatic heterocycles. The number of nitrogens with zero attached hydrogens (tertiary/aromatic N) is 5. The van der Waals surface area contributed by atoms with Crippen molar-refractivity contribution in [3.63, 3.8) is 0 Å². The highest BCUT2D eigenvalue weighted by Gasteiger charge is 2.17. The average molecular weight is 373 g/mol. The van der Waals surface area contributed by atoms with Crippen LogP contribution < -0.4 is 5.56 Å². The summed E-state index contributed by atoms with van der Waals surface area (Å²) < 4.78 is 2.98. The Balaban J connectivity index is 1.97. The largest absolute Gasteiger partial charge is 0.494 e. The summed E-state index contributed by atoms with van der Waals surface area (Å²) in [5.41, 5.74) is 0.105. The fraction of sp³-hybridized carbons (Fsp3) is 0.143. The van der Waals surface area contributed by atoms with Gasteiger partial charge in [0.2, 0.25) is 5.88 Å². The fourth-order valence-electron chi connectivity index (χ4n) is 3.13. The number of hydrogen-bond acceptors (Lipinski definition) is 5. The van der Waals surface area contributed by atoms with Crippen molar-refractivity contribution in [1.82, 2.24) is 19.3 Å². The zero-order valence-electron chi connectivity index (χ0n) is 15.5. The first-order chi connectivity index (χ1) is 13.6. The van der Waals surface area contributed by atoms with Crippen molar-refractivity contribution in [3.8, 4) is 11.7 Å². The van der Waals surface area contributed by atoms with E-state index in [1.807, 2.05) is 19.9 Å². The molecule has 0 atom stereocenters. The molecule has 4 aromatic rings. The Kier molecular flexibility index (Phi) is 4.49. The maximum absolute atomic E-state index is 13.0. The number of aromatic hydroxyl groups is 1. The lowest BCUT2D eigenvalue weighted by Gasteiger charge is -2.13. The molecule has 0 saturated heterocycles. The first-order valence-corrected chi connectivity index (χ1v) is 8.93. The van der Waals surface area contributed by atoms with E-state index >= 15 is 0 Å². The van der Waals surface area contributed by atoms with Gasteiger partial charge in [0, 0.05) is 35.3 Å². The van der Waals surface area contributed by atoms with Gasteiger partial charge >= 0.3 is 0 Å². The highest BCUT2D eigenvalue weighted by Crippen LogP contribution is 2.26. The van der Waals surface area contributed by atoms with Crippen molar-refractivity contribution in [2.75, 3.05) is 0 Å². The minimum atomic E-state index is -0.337. The molecule has 0 aliphatic carbocycles. The minimum absolute atomic E-state index is 0.148. The smallest absolute Gasteiger partial charge is 0.267 e. The Morgan fingerprint density at radius 2 is 1.79 bits per heavy atom. The van der Waals surface area contributed by atoms with Crippen LogP contribution >= 0.6 is 0 Å². The molecule has 7 nitrogen and oxygen atoms in total. The van der Waals surface area contributed by atoms with Gasteiger partial charge in [-0.15, -0.1) is 0 Å². The van der Waals surface area contributed by atoms with Crippen LogP contribution in [-0.2, 0) is 0 Å². The Morgan fingerprint density at radius 1 is 1.04 bits per heavy atom. The molecule has 0 fully saturated rings. The summed E-state index contributed by atoms with van der Waals surface area (Å²) in [7, 11) is 0. The molecular weight excluding hydrogens is 354 g/mol. The van der Waals surface area contributed by atoms with E-state index in [4.69, 9.17) is 0 Å². The molecule has 7 heteroatoms. The summed E-state index contributed by atoms with van der Waals surface area (Å²) in [6.07, 6.45) is 4.82. The Hall–Kier alpha value is -3.74. The zero-order chi connectivity index (χ0) is 19.7. The Bertz CT molecular complexity index is 1220. The molecule has 4 rings (SSSR count). The van der Waals surface area contributed by atoms with Crippen molar-refractivity contribution < 1.29 is 5.11 Å². The van der Waals surface area contributed by atoms with Gasteiger partial charge < -0.3 is 5.11 Å². The van der Waals surface area contributed by atoms with Crippen molar-refractivity contribution in [1.29, 1.82) is 0 Å². The number of rotatable bonds is 4. The first-order valence-electron chi connectivity index (χ1n) is 8.93. The van der Waals surface area contributed by atoms with Gasteiger partial charge in [0.05, 0.1) is 11.8 Å². The average Bonchev–Trinajstić information content (AvgIpc) is 3.18. The van der Waals surface area contributed by atoms with Crippen LogP contribution in [0.1, 0.15) is 25.5 Å². The van der Waals surface area contributed by atoms with E-state index in [2.05, 4.69) is 15.1 Å². The zero-order valence-corrected chi connectivity index (χ0v) is 15.5. The van der Waals surface area contributed by atoms with E-state index in [1.54, 1.807) is 65.8 Å². The predicted molar refractivity (Wildman–Crippen MR) is 109 cm³/mol. The maximum Gasteiger partial charge on any atom is 0.267 e. The molecule has 0 unspecified atom stereocenters. The number of hydrogen-bond donors (Lipinski definition) is 1. The Labute approximate surface area is 161 Å². The van der Waals surface area contributed by atoms with Crippen LogP contribution in [-0.4, -0.2) is 30.7 Å². The summed E-state index contributed by atoms with van der Waals surface area (Å²) in [4.78, 5) is 21.7. The summed E-state index contributed by atoms with van der Waals surface area (Å²) in [6.45, 7) is 4.03. The fourth-order valence-corrected chi connectivity index (χ4v) is 3.13. The quantitative estimate of drug-likeness (QED) is 0.554. The normalized spacial score (nSPS) is 11.7. The Morgan fingerprint density at radius 3 is 2.50 bits per heavy atom. The second-order valence-electron chi connectivity index (χ2n) is 6.60. The molecule has 1 N–H and O–H groups in total. The van der Waals surface area contributed by atoms with Crippen molar-refractivity contribution in [3.05, 3.63) is 76.8 Å². The van der Waals surface area contributed by atoms with Crippen LogP contribution in [0.4, 0.5) is 5.82 Å². The standard InChI is InChI=1S/C21H19N5O2/c1-14(2)26-19(10-12-24-26)23-13-17-15-7-3-4-8-16(15)20(27)25(21(17)28)18-9-5-6-11-22-18/h3-14,28H,1-2H3/b23-13+. The topological polar surface area (TPSA) is 85.3 Å². The van der Waals surface area contributed by atoms with Crippen molar-refractivity contribution >= 4 is 22.8 Å². The molecule has 0 bridgehead atoms. The lowest BCUT2D eigenvalue weighted by atomic mass is 10.1. The monoisotopic (exact) mass is 373 g/mol. The van der Waals surface area contributed by atoms with Gasteiger partial charge in [-0.05, 0) is 32.0 Å². The molecule has 0 aliphatic rings. The van der Waals surface area contributed by atoms with Crippen LogP contribution in [0.3, 0.4) is 0 Å². The van der Waals surface area contributed by atoms with Crippen LogP contribution in [0, 0.1) is 0 Å². The maximum atomic E-state index is 13.0. The predicted octanol–water partition coefficient (Wildman–Crippen LogP) is 3.62. The van der Waals surface area contributed by atoms with Gasteiger partial charge in [0.1, 0.15) is 5.82 Å². The van der Waals surface area contributed by atoms with Crippen molar-refractivity contribution in [2.24, 2.45) is 4.99 Å². The number of pyridine rings is 2. The van der Waals surface area contributed by atoms with Crippen molar-refractivity contribution in [2.45, 2.75) is 19.9 Å². The molecule has 0 aliphatic heterocycles. The first kappa shape index (κ1) is 17.7. The van der Waals surface area contributed by atoms with E-state index in [9.17, 15) is 9.90 Å². The van der Waals surface area contributed by atoms with E-state index in [-0.39, 0.29) is 17.5 Å². The highest BCUT2D eigenvalue weighted by atomic mass is 16.3. The van der Waals surface area contributed by atoms with Gasteiger partial charge in [-0.1, -0.05) is 24.3 Å². The molecule has 3 heterocycles. The van der Waals surface area contributed by atoms with Crippen LogP contribution in [0.25, 0.3) is 16.6 Å². The molecule has 140 valence electrons. The van der Waals surface area contributed by atoms with Gasteiger partial charge in [0.15, 0.2) is 5.82 Å². The molecular formula is C21H19N5O2. The van der Waals surface area contributed by atoms with Gasteiger partial charge in [-0.2, -0.15) is 5.10 Å². The number of aromatic nitrogens is 4. The second-order valence-corrected chi connectivity index (χ2v) is 6.60. The molecule has 0 saturated carbocycles. The number of aliphatic imine (C=N–C) groups is 1. The minimum Gasteiger partial charge on any atom is -0.494 e. The van der Waals surface area contributed by atoms with E-state index in [1.165, 1.54) is 4.57 Å². The molecule has 1 aromatic carbocycles. The summed E-state index contributed by atoms with van der Waals surface area (Å²) in [5, 5.41) is 16.3. The van der Waals surface area contributed by atoms with Gasteiger partial charge in [-0.25, -0.2) is 19.2 Å². The molecule has 28 heavy (non-hydrogen) atoms. The summed E-state index contributed by atoms with van der Waals surface area (Å²) in [6, 6.07) is 14.3. The van der Waals surface area contributed by atoms with Crippen LogP contribution in [0.5, 0.6) is 5.88 Å². The highest BCUT2D eigenvalue weighted by molar-refractivity contribution is 6.02. The van der Waals surface area contributed by atoms with E-state index in [0.717, 1.165) is 0 Å². The van der Waals surface area contributed by atoms with Gasteiger partial charge in [-0.3, -0.25) is 4.79 Å².